The third-order valence-electron chi connectivity index (χ3n) is 2.35. The summed E-state index contributed by atoms with van der Waals surface area (Å²) >= 11 is 0. The van der Waals surface area contributed by atoms with Crippen LogP contribution in [0.4, 0.5) is 0 Å². The third kappa shape index (κ3) is 3.22. The predicted molar refractivity (Wildman–Crippen MR) is 64.8 cm³/mol. The number of hydrogen-bond donors (Lipinski definition) is 0. The molecule has 0 fully saturated rings. The first-order valence-corrected chi connectivity index (χ1v) is 5.62. The van der Waals surface area contributed by atoms with Crippen molar-refractivity contribution in [1.82, 2.24) is 4.90 Å². The highest BCUT2D eigenvalue weighted by atomic mass is 16.5. The van der Waals surface area contributed by atoms with Crippen LogP contribution in [0.1, 0.15) is 24.2 Å². The molecule has 1 aromatic carbocycles. The summed E-state index contributed by atoms with van der Waals surface area (Å²) in [7, 11) is 0. The molecular formula is C13H16N2O2. The number of carbonyl (C=O) groups is 1. The quantitative estimate of drug-likeness (QED) is 0.730. The van der Waals surface area contributed by atoms with Gasteiger partial charge in [0.15, 0.2) is 0 Å². The molecule has 0 heterocycles. The van der Waals surface area contributed by atoms with Crippen LogP contribution in [0.2, 0.25) is 0 Å². The molecule has 0 N–H and O–H groups in total. The topological polar surface area (TPSA) is 53.3 Å². The summed E-state index contributed by atoms with van der Waals surface area (Å²) < 4.78 is 5.40. The van der Waals surface area contributed by atoms with Gasteiger partial charge in [0.05, 0.1) is 18.2 Å². The van der Waals surface area contributed by atoms with E-state index in [1.807, 2.05) is 26.0 Å². The lowest BCUT2D eigenvalue weighted by molar-refractivity contribution is 0.0780. The van der Waals surface area contributed by atoms with Crippen molar-refractivity contribution in [1.29, 1.82) is 5.26 Å². The number of nitrogens with zero attached hydrogens (tertiary/aromatic N) is 2. The van der Waals surface area contributed by atoms with Gasteiger partial charge in [-0.2, -0.15) is 5.26 Å². The van der Waals surface area contributed by atoms with Gasteiger partial charge in [-0.15, -0.1) is 0 Å². The average molecular weight is 232 g/mol. The molecule has 1 amide bonds. The van der Waals surface area contributed by atoms with Crippen LogP contribution in [0.5, 0.6) is 5.75 Å². The number of rotatable bonds is 5. The van der Waals surface area contributed by atoms with Gasteiger partial charge in [-0.1, -0.05) is 12.1 Å². The van der Waals surface area contributed by atoms with Crippen LogP contribution in [-0.2, 0) is 0 Å². The molecule has 0 aromatic heterocycles. The van der Waals surface area contributed by atoms with Gasteiger partial charge in [0, 0.05) is 6.54 Å². The zero-order chi connectivity index (χ0) is 12.7. The number of carbonyl (C=O) groups excluding carboxylic acids is 1. The van der Waals surface area contributed by atoms with Gasteiger partial charge in [0.1, 0.15) is 12.3 Å². The molecule has 1 rings (SSSR count). The summed E-state index contributed by atoms with van der Waals surface area (Å²) in [6.45, 7) is 4.82. The fourth-order valence-electron chi connectivity index (χ4n) is 1.51. The van der Waals surface area contributed by atoms with Crippen molar-refractivity contribution in [3.05, 3.63) is 29.8 Å². The van der Waals surface area contributed by atoms with Crippen molar-refractivity contribution in [3.63, 3.8) is 0 Å². The maximum atomic E-state index is 12.2. The molecule has 17 heavy (non-hydrogen) atoms. The van der Waals surface area contributed by atoms with Gasteiger partial charge >= 0.3 is 0 Å². The Hall–Kier alpha value is -2.02. The van der Waals surface area contributed by atoms with Gasteiger partial charge in [0.25, 0.3) is 5.91 Å². The molecule has 4 heteroatoms. The Kier molecular flexibility index (Phi) is 5.02. The van der Waals surface area contributed by atoms with E-state index in [-0.39, 0.29) is 12.5 Å². The summed E-state index contributed by atoms with van der Waals surface area (Å²) in [6, 6.07) is 9.07. The Morgan fingerprint density at radius 1 is 1.41 bits per heavy atom. The Morgan fingerprint density at radius 2 is 2.12 bits per heavy atom. The summed E-state index contributed by atoms with van der Waals surface area (Å²) in [5, 5.41) is 8.66. The summed E-state index contributed by atoms with van der Waals surface area (Å²) in [4.78, 5) is 13.6. The smallest absolute Gasteiger partial charge is 0.258 e. The molecule has 90 valence electrons. The van der Waals surface area contributed by atoms with E-state index < -0.39 is 0 Å². The van der Waals surface area contributed by atoms with Gasteiger partial charge in [-0.3, -0.25) is 4.79 Å². The summed E-state index contributed by atoms with van der Waals surface area (Å²) in [5.74, 6) is 0.398. The number of nitriles is 1. The second-order valence-electron chi connectivity index (χ2n) is 3.41. The van der Waals surface area contributed by atoms with Crippen LogP contribution >= 0.6 is 0 Å². The standard InChI is InChI=1S/C13H16N2O2/c1-3-15(10-9-14)13(16)11-7-5-6-8-12(11)17-4-2/h5-8H,3-4,10H2,1-2H3. The Morgan fingerprint density at radius 3 is 2.71 bits per heavy atom. The minimum Gasteiger partial charge on any atom is -0.493 e. The molecule has 0 atom stereocenters. The Bertz CT molecular complexity index is 424. The van der Waals surface area contributed by atoms with E-state index in [0.29, 0.717) is 24.5 Å². The minimum absolute atomic E-state index is 0.0930. The van der Waals surface area contributed by atoms with Crippen molar-refractivity contribution < 1.29 is 9.53 Å². The van der Waals surface area contributed by atoms with Crippen LogP contribution in [0.15, 0.2) is 24.3 Å². The van der Waals surface area contributed by atoms with Crippen LogP contribution in [-0.4, -0.2) is 30.5 Å². The second kappa shape index (κ2) is 6.54. The number of para-hydroxylation sites is 1. The second-order valence-corrected chi connectivity index (χ2v) is 3.41. The minimum atomic E-state index is -0.168. The van der Waals surface area contributed by atoms with Crippen LogP contribution in [0.3, 0.4) is 0 Å². The van der Waals surface area contributed by atoms with Gasteiger partial charge in [-0.25, -0.2) is 0 Å². The molecule has 0 bridgehead atoms. The lowest BCUT2D eigenvalue weighted by Gasteiger charge is -2.18. The average Bonchev–Trinajstić information content (AvgIpc) is 2.36. The molecule has 0 aliphatic rings. The predicted octanol–water partition coefficient (Wildman–Crippen LogP) is 2.07. The summed E-state index contributed by atoms with van der Waals surface area (Å²) in [6.07, 6.45) is 0. The van der Waals surface area contributed by atoms with E-state index in [9.17, 15) is 4.79 Å². The van der Waals surface area contributed by atoms with Crippen molar-refractivity contribution in [2.75, 3.05) is 19.7 Å². The zero-order valence-electron chi connectivity index (χ0n) is 10.1. The molecule has 0 saturated heterocycles. The fraction of sp³-hybridized carbons (Fsp3) is 0.385. The van der Waals surface area contributed by atoms with E-state index in [4.69, 9.17) is 10.00 Å². The SMILES string of the molecule is CCOc1ccccc1C(=O)N(CC)CC#N. The number of ether oxygens (including phenoxy) is 1. The first kappa shape index (κ1) is 13.0. The highest BCUT2D eigenvalue weighted by Crippen LogP contribution is 2.19. The van der Waals surface area contributed by atoms with E-state index in [1.165, 1.54) is 4.90 Å². The molecule has 0 unspecified atom stereocenters. The third-order valence-corrected chi connectivity index (χ3v) is 2.35. The number of hydrogen-bond acceptors (Lipinski definition) is 3. The first-order chi connectivity index (χ1) is 8.24. The summed E-state index contributed by atoms with van der Waals surface area (Å²) in [5.41, 5.74) is 0.506. The molecule has 0 saturated carbocycles. The highest BCUT2D eigenvalue weighted by Gasteiger charge is 2.17. The van der Waals surface area contributed by atoms with Crippen molar-refractivity contribution in [2.45, 2.75) is 13.8 Å². The van der Waals surface area contributed by atoms with Crippen LogP contribution in [0, 0.1) is 11.3 Å². The van der Waals surface area contributed by atoms with Crippen molar-refractivity contribution in [2.24, 2.45) is 0 Å². The maximum absolute atomic E-state index is 12.2. The lowest BCUT2D eigenvalue weighted by Crippen LogP contribution is -2.31. The van der Waals surface area contributed by atoms with E-state index in [0.717, 1.165) is 0 Å². The van der Waals surface area contributed by atoms with E-state index in [2.05, 4.69) is 0 Å². The van der Waals surface area contributed by atoms with E-state index in [1.54, 1.807) is 18.2 Å². The van der Waals surface area contributed by atoms with Gasteiger partial charge in [0.2, 0.25) is 0 Å². The van der Waals surface area contributed by atoms with Crippen molar-refractivity contribution in [3.8, 4) is 11.8 Å². The number of amides is 1. The fourth-order valence-corrected chi connectivity index (χ4v) is 1.51. The Labute approximate surface area is 101 Å². The zero-order valence-corrected chi connectivity index (χ0v) is 10.1. The normalized spacial score (nSPS) is 9.47. The Balaban J connectivity index is 2.98. The molecule has 0 radical (unpaired) electrons. The van der Waals surface area contributed by atoms with Gasteiger partial charge in [-0.05, 0) is 26.0 Å². The first-order valence-electron chi connectivity index (χ1n) is 5.62. The molecule has 0 spiro atoms. The molecule has 0 aliphatic heterocycles. The van der Waals surface area contributed by atoms with E-state index >= 15 is 0 Å². The highest BCUT2D eigenvalue weighted by molar-refractivity contribution is 5.97. The van der Waals surface area contributed by atoms with Crippen LogP contribution in [0.25, 0.3) is 0 Å². The molecule has 0 aliphatic carbocycles. The monoisotopic (exact) mass is 232 g/mol. The lowest BCUT2D eigenvalue weighted by atomic mass is 10.1. The van der Waals surface area contributed by atoms with Crippen molar-refractivity contribution >= 4 is 5.91 Å². The molecule has 4 nitrogen and oxygen atoms in total. The van der Waals surface area contributed by atoms with Gasteiger partial charge < -0.3 is 9.64 Å². The van der Waals surface area contributed by atoms with Crippen LogP contribution < -0.4 is 4.74 Å². The molecule has 1 aromatic rings. The number of benzene rings is 1. The largest absolute Gasteiger partial charge is 0.493 e. The molecular weight excluding hydrogens is 216 g/mol. The maximum Gasteiger partial charge on any atom is 0.258 e.